The van der Waals surface area contributed by atoms with Crippen molar-refractivity contribution in [3.05, 3.63) is 54.6 Å². The van der Waals surface area contributed by atoms with Crippen molar-refractivity contribution in [3.63, 3.8) is 0 Å². The summed E-state index contributed by atoms with van der Waals surface area (Å²) in [6.07, 6.45) is 0. The number of hydrogen-bond acceptors (Lipinski definition) is 0. The van der Waals surface area contributed by atoms with E-state index in [2.05, 4.69) is 74.2 Å². The molecule has 0 radical (unpaired) electrons. The van der Waals surface area contributed by atoms with Crippen LogP contribution in [-0.2, 0) is 0 Å². The van der Waals surface area contributed by atoms with Crippen molar-refractivity contribution < 1.29 is 0 Å². The summed E-state index contributed by atoms with van der Waals surface area (Å²) in [5.41, 5.74) is 0. The zero-order valence-corrected chi connectivity index (χ0v) is 14.9. The Hall–Kier alpha value is -1.00. The first kappa shape index (κ1) is 14.0. The second kappa shape index (κ2) is 5.41. The highest BCUT2D eigenvalue weighted by molar-refractivity contribution is 8.07. The summed E-state index contributed by atoms with van der Waals surface area (Å²) in [5.74, 6) is 0. The molecule has 3 aromatic rings. The lowest BCUT2D eigenvalue weighted by atomic mass is 10.0. The maximum absolute atomic E-state index is 2.44. The number of rotatable bonds is 2. The second-order valence-electron chi connectivity index (χ2n) is 6.04. The average Bonchev–Trinajstić information content (AvgIpc) is 2.42. The lowest BCUT2D eigenvalue weighted by Gasteiger charge is -2.10. The molecule has 0 spiro atoms. The van der Waals surface area contributed by atoms with Gasteiger partial charge in [-0.3, -0.25) is 0 Å². The van der Waals surface area contributed by atoms with E-state index in [-0.39, 0.29) is 0 Å². The van der Waals surface area contributed by atoms with Crippen LogP contribution in [0.4, 0.5) is 0 Å². The molecule has 3 rings (SSSR count). The van der Waals surface area contributed by atoms with Crippen LogP contribution >= 0.6 is 15.3 Å². The summed E-state index contributed by atoms with van der Waals surface area (Å²) in [6, 6.07) is 19.9. The molecule has 0 nitrogen and oxygen atoms in total. The van der Waals surface area contributed by atoms with Gasteiger partial charge in [0.1, 0.15) is 7.74 Å². The normalized spacial score (nSPS) is 12.6. The van der Waals surface area contributed by atoms with Gasteiger partial charge in [-0.2, -0.15) is 0 Å². The molecule has 0 saturated heterocycles. The van der Waals surface area contributed by atoms with Crippen LogP contribution in [0.15, 0.2) is 54.6 Å². The van der Waals surface area contributed by atoms with Crippen LogP contribution < -0.4 is 5.30 Å². The van der Waals surface area contributed by atoms with Crippen molar-refractivity contribution in [2.24, 2.45) is 0 Å². The molecular formula is C17H18P2Si. The van der Waals surface area contributed by atoms with E-state index in [1.54, 1.807) is 7.42 Å². The molecular weight excluding hydrogens is 294 g/mol. The minimum absolute atomic E-state index is 1.05. The summed E-state index contributed by atoms with van der Waals surface area (Å²) < 4.78 is 0. The van der Waals surface area contributed by atoms with Crippen LogP contribution in [0, 0.1) is 0 Å². The Labute approximate surface area is 124 Å². The van der Waals surface area contributed by atoms with E-state index in [0.717, 1.165) is 0 Å². The van der Waals surface area contributed by atoms with Gasteiger partial charge >= 0.3 is 0 Å². The predicted molar refractivity (Wildman–Crippen MR) is 98.3 cm³/mol. The fourth-order valence-electron chi connectivity index (χ4n) is 2.30. The van der Waals surface area contributed by atoms with Crippen molar-refractivity contribution >= 4 is 49.9 Å². The third-order valence-electron chi connectivity index (χ3n) is 3.19. The van der Waals surface area contributed by atoms with E-state index in [1.165, 1.54) is 34.7 Å². The van der Waals surface area contributed by atoms with Crippen molar-refractivity contribution in [3.8, 4) is 0 Å². The van der Waals surface area contributed by atoms with E-state index in [9.17, 15) is 0 Å². The molecule has 0 unspecified atom stereocenters. The molecule has 3 aromatic carbocycles. The summed E-state index contributed by atoms with van der Waals surface area (Å²) in [5, 5.41) is 7.05. The summed E-state index contributed by atoms with van der Waals surface area (Å²) in [6.45, 7) is 7.32. The number of hydrogen-bond donors (Lipinski definition) is 0. The van der Waals surface area contributed by atoms with E-state index in [1.807, 2.05) is 0 Å². The van der Waals surface area contributed by atoms with Crippen LogP contribution in [0.2, 0.25) is 19.6 Å². The minimum Gasteiger partial charge on any atom is -0.0951 e. The lowest BCUT2D eigenvalue weighted by molar-refractivity contribution is 1.79. The summed E-state index contributed by atoms with van der Waals surface area (Å²) >= 11 is 0. The van der Waals surface area contributed by atoms with Gasteiger partial charge in [0, 0.05) is 5.30 Å². The maximum Gasteiger partial charge on any atom is 0.108 e. The van der Waals surface area contributed by atoms with Crippen LogP contribution in [0.1, 0.15) is 0 Å². The first-order valence-corrected chi connectivity index (χ1v) is 13.7. The largest absolute Gasteiger partial charge is 0.108 e. The van der Waals surface area contributed by atoms with Gasteiger partial charge in [0.05, 0.1) is 0 Å². The maximum atomic E-state index is 2.44. The van der Waals surface area contributed by atoms with Crippen LogP contribution in [0.25, 0.3) is 21.5 Å². The molecule has 0 N–H and O–H groups in total. The summed E-state index contributed by atoms with van der Waals surface area (Å²) in [7, 11) is 2.00. The molecule has 0 bridgehead atoms. The van der Waals surface area contributed by atoms with Gasteiger partial charge in [-0.15, -0.1) is 0 Å². The van der Waals surface area contributed by atoms with Gasteiger partial charge in [0.15, 0.2) is 0 Å². The number of fused-ring (bicyclic) bond motifs is 2. The first-order chi connectivity index (χ1) is 9.54. The van der Waals surface area contributed by atoms with Gasteiger partial charge in [0.25, 0.3) is 0 Å². The molecule has 0 aliphatic heterocycles. The van der Waals surface area contributed by atoms with Gasteiger partial charge in [0.2, 0.25) is 0 Å². The zero-order chi connectivity index (χ0) is 14.2. The molecule has 0 aliphatic carbocycles. The van der Waals surface area contributed by atoms with Crippen molar-refractivity contribution in [1.29, 1.82) is 0 Å². The van der Waals surface area contributed by atoms with Gasteiger partial charge in [-0.25, -0.2) is 0 Å². The van der Waals surface area contributed by atoms with Gasteiger partial charge in [-0.05, 0) is 35.5 Å². The highest BCUT2D eigenvalue weighted by Gasteiger charge is 2.11. The first-order valence-electron chi connectivity index (χ1n) is 6.88. The molecule has 0 fully saturated rings. The molecule has 20 heavy (non-hydrogen) atoms. The van der Waals surface area contributed by atoms with Crippen LogP contribution in [-0.4, -0.2) is 7.74 Å². The average molecular weight is 312 g/mol. The molecule has 0 aromatic heterocycles. The van der Waals surface area contributed by atoms with E-state index in [4.69, 9.17) is 0 Å². The standard InChI is InChI=1S/C17H18P2Si/c1-20(2,3)19-18-17-15-10-6-4-8-13(15)12-14-9-5-7-11-16(14)17/h4-12H,1-3H3. The Morgan fingerprint density at radius 2 is 1.25 bits per heavy atom. The summed E-state index contributed by atoms with van der Waals surface area (Å²) in [4.78, 5) is 0. The van der Waals surface area contributed by atoms with Gasteiger partial charge in [-0.1, -0.05) is 75.6 Å². The fourth-order valence-corrected chi connectivity index (χ4v) is 8.77. The molecule has 0 aliphatic rings. The van der Waals surface area contributed by atoms with E-state index in [0.29, 0.717) is 0 Å². The fraction of sp³-hybridized carbons (Fsp3) is 0.176. The zero-order valence-electron chi connectivity index (χ0n) is 12.1. The third-order valence-corrected chi connectivity index (χ3v) is 13.6. The number of benzene rings is 3. The topological polar surface area (TPSA) is 0 Å². The Kier molecular flexibility index (Phi) is 3.78. The predicted octanol–water partition coefficient (Wildman–Crippen LogP) is 6.26. The quantitative estimate of drug-likeness (QED) is 0.297. The monoisotopic (exact) mass is 312 g/mol. The Morgan fingerprint density at radius 1 is 0.750 bits per heavy atom. The van der Waals surface area contributed by atoms with Crippen molar-refractivity contribution in [1.82, 2.24) is 0 Å². The van der Waals surface area contributed by atoms with Crippen LogP contribution in [0.5, 0.6) is 0 Å². The Morgan fingerprint density at radius 3 is 1.75 bits per heavy atom. The molecule has 0 atom stereocenters. The minimum atomic E-state index is -1.05. The van der Waals surface area contributed by atoms with Gasteiger partial charge < -0.3 is 0 Å². The Bertz CT molecular complexity index is 747. The van der Waals surface area contributed by atoms with E-state index >= 15 is 0 Å². The molecule has 3 heteroatoms. The second-order valence-corrected chi connectivity index (χ2v) is 18.3. The smallest absolute Gasteiger partial charge is 0.0951 e. The molecule has 0 saturated carbocycles. The van der Waals surface area contributed by atoms with Crippen molar-refractivity contribution in [2.45, 2.75) is 19.6 Å². The Balaban J connectivity index is 2.36. The highest BCUT2D eigenvalue weighted by Crippen LogP contribution is 2.32. The SMILES string of the molecule is C[Si](C)(C)P=Pc1c2ccccc2cc2ccccc12. The third kappa shape index (κ3) is 2.86. The molecule has 0 heterocycles. The van der Waals surface area contributed by atoms with E-state index < -0.39 is 7.74 Å². The molecule has 100 valence electrons. The highest BCUT2D eigenvalue weighted by atomic mass is 31.9. The van der Waals surface area contributed by atoms with Crippen LogP contribution in [0.3, 0.4) is 0 Å². The lowest BCUT2D eigenvalue weighted by Crippen LogP contribution is -2.08. The van der Waals surface area contributed by atoms with Crippen molar-refractivity contribution in [2.75, 3.05) is 0 Å². The molecule has 0 amide bonds.